The number of ether oxygens (including phenoxy) is 2. The molecule has 0 atom stereocenters. The maximum atomic E-state index is 13.6. The predicted octanol–water partition coefficient (Wildman–Crippen LogP) is 7.33. The molecule has 0 unspecified atom stereocenters. The summed E-state index contributed by atoms with van der Waals surface area (Å²) >= 11 is 5.12. The van der Waals surface area contributed by atoms with Gasteiger partial charge in [-0.15, -0.1) is 11.3 Å². The summed E-state index contributed by atoms with van der Waals surface area (Å²) in [4.78, 5) is 19.8. The van der Waals surface area contributed by atoms with E-state index in [4.69, 9.17) is 14.5 Å². The van der Waals surface area contributed by atoms with Gasteiger partial charge in [-0.1, -0.05) is 18.2 Å². The number of nitrogens with zero attached hydrogens (tertiary/aromatic N) is 5. The Morgan fingerprint density at radius 1 is 0.980 bits per heavy atom. The number of rotatable bonds is 14. The Morgan fingerprint density at radius 3 is 2.63 bits per heavy atom. The Morgan fingerprint density at radius 2 is 1.86 bits per heavy atom. The van der Waals surface area contributed by atoms with Crippen molar-refractivity contribution in [3.05, 3.63) is 112 Å². The van der Waals surface area contributed by atoms with E-state index in [0.29, 0.717) is 42.3 Å². The monoisotopic (exact) mass is 762 g/mol. The topological polar surface area (TPSA) is 119 Å². The van der Waals surface area contributed by atoms with Gasteiger partial charge in [0.25, 0.3) is 0 Å². The second-order valence-corrected chi connectivity index (χ2v) is 15.0. The van der Waals surface area contributed by atoms with Crippen LogP contribution < -0.4 is 14.8 Å². The molecular formula is C35H32BrFN6O4S2. The predicted molar refractivity (Wildman–Crippen MR) is 193 cm³/mol. The highest BCUT2D eigenvalue weighted by atomic mass is 79.9. The first kappa shape index (κ1) is 34.4. The molecule has 49 heavy (non-hydrogen) atoms. The zero-order chi connectivity index (χ0) is 34.4. The third kappa shape index (κ3) is 8.57. The average molecular weight is 764 g/mol. The zero-order valence-corrected chi connectivity index (χ0v) is 29.9. The van der Waals surface area contributed by atoms with Gasteiger partial charge >= 0.3 is 0 Å². The number of sulfone groups is 1. The Balaban J connectivity index is 1.14. The van der Waals surface area contributed by atoms with Gasteiger partial charge in [-0.2, -0.15) is 0 Å². The molecule has 1 N–H and O–H groups in total. The molecule has 0 aliphatic carbocycles. The molecule has 14 heteroatoms. The van der Waals surface area contributed by atoms with Gasteiger partial charge in [0.1, 0.15) is 36.1 Å². The molecule has 6 aromatic rings. The number of halogens is 2. The molecule has 0 fully saturated rings. The number of methoxy groups -OCH3 is 1. The quantitative estimate of drug-likeness (QED) is 0.121. The zero-order valence-electron chi connectivity index (χ0n) is 26.6. The van der Waals surface area contributed by atoms with Crippen LogP contribution in [-0.4, -0.2) is 66.3 Å². The van der Waals surface area contributed by atoms with Crippen LogP contribution in [0.4, 0.5) is 15.9 Å². The maximum absolute atomic E-state index is 13.6. The summed E-state index contributed by atoms with van der Waals surface area (Å²) < 4.78 is 51.1. The van der Waals surface area contributed by atoms with Crippen molar-refractivity contribution in [3.63, 3.8) is 0 Å². The molecule has 0 aliphatic rings. The summed E-state index contributed by atoms with van der Waals surface area (Å²) in [6.07, 6.45) is 3.64. The Bertz CT molecular complexity index is 2190. The fourth-order valence-corrected chi connectivity index (χ4v) is 7.58. The van der Waals surface area contributed by atoms with E-state index >= 15 is 0 Å². The molecule has 10 nitrogen and oxygen atoms in total. The molecule has 0 saturated carbocycles. The second-order valence-electron chi connectivity index (χ2n) is 11.1. The summed E-state index contributed by atoms with van der Waals surface area (Å²) in [6, 6.07) is 20.6. The summed E-state index contributed by atoms with van der Waals surface area (Å²) in [7, 11) is 0.0606. The van der Waals surface area contributed by atoms with Gasteiger partial charge in [0.15, 0.2) is 14.9 Å². The molecule has 0 saturated heterocycles. The smallest absolute Gasteiger partial charge is 0.196 e. The first-order valence-electron chi connectivity index (χ1n) is 15.2. The van der Waals surface area contributed by atoms with Crippen molar-refractivity contribution in [2.45, 2.75) is 18.1 Å². The highest BCUT2D eigenvalue weighted by Gasteiger charge is 2.18. The van der Waals surface area contributed by atoms with Gasteiger partial charge in [-0.05, 0) is 77.1 Å². The van der Waals surface area contributed by atoms with E-state index in [9.17, 15) is 12.8 Å². The molecular weight excluding hydrogens is 731 g/mol. The molecule has 0 aliphatic heterocycles. The number of fused-ring (bicyclic) bond motifs is 1. The average Bonchev–Trinajstić information content (AvgIpc) is 3.58. The second kappa shape index (κ2) is 15.4. The van der Waals surface area contributed by atoms with Gasteiger partial charge in [-0.3, -0.25) is 0 Å². The Kier molecular flexibility index (Phi) is 10.8. The first-order chi connectivity index (χ1) is 23.7. The lowest BCUT2D eigenvalue weighted by Crippen LogP contribution is -2.28. The molecule has 0 spiro atoms. The fourth-order valence-electron chi connectivity index (χ4n) is 5.03. The van der Waals surface area contributed by atoms with Crippen molar-refractivity contribution >= 4 is 59.5 Å². The van der Waals surface area contributed by atoms with Crippen molar-refractivity contribution in [3.8, 4) is 22.8 Å². The molecule has 3 aromatic heterocycles. The number of hydrogen-bond donors (Lipinski definition) is 1. The van der Waals surface area contributed by atoms with Crippen LogP contribution >= 0.6 is 27.3 Å². The standard InChI is InChI=1S/C35H32BrFN6O4S2/c1-43(14-15-49(44,45)34-8-3-4-12-38-34)13-11-33-42-30(21-48-33)26-18-27-29(19-32(26)46-2)39-22-40-35(27)41-25-9-10-31(28(36)17-25)47-20-23-6-5-7-24(37)16-23/h3-10,12,16-19,21-22H,11,13-15,20H2,1-2H3,(H,39,40,41). The van der Waals surface area contributed by atoms with Crippen LogP contribution in [0.25, 0.3) is 22.2 Å². The molecule has 3 aromatic carbocycles. The first-order valence-corrected chi connectivity index (χ1v) is 18.5. The normalized spacial score (nSPS) is 11.6. The summed E-state index contributed by atoms with van der Waals surface area (Å²) in [5.74, 6) is 1.54. The summed E-state index contributed by atoms with van der Waals surface area (Å²) in [5, 5.41) is 7.17. The van der Waals surface area contributed by atoms with Crippen LogP contribution in [0.5, 0.6) is 11.5 Å². The van der Waals surface area contributed by atoms with Gasteiger partial charge in [0.05, 0.1) is 33.6 Å². The van der Waals surface area contributed by atoms with Crippen LogP contribution in [0, 0.1) is 5.82 Å². The van der Waals surface area contributed by atoms with Crippen molar-refractivity contribution in [2.75, 3.05) is 38.3 Å². The van der Waals surface area contributed by atoms with Crippen LogP contribution in [0.1, 0.15) is 10.6 Å². The molecule has 0 bridgehead atoms. The van der Waals surface area contributed by atoms with E-state index in [-0.39, 0.29) is 23.2 Å². The van der Waals surface area contributed by atoms with Crippen LogP contribution in [0.3, 0.4) is 0 Å². The van der Waals surface area contributed by atoms with Crippen LogP contribution in [-0.2, 0) is 22.9 Å². The number of hydrogen-bond acceptors (Lipinski definition) is 11. The number of aromatic nitrogens is 4. The van der Waals surface area contributed by atoms with E-state index in [0.717, 1.165) is 37.4 Å². The minimum absolute atomic E-state index is 0.0121. The Hall–Kier alpha value is -4.50. The lowest BCUT2D eigenvalue weighted by Gasteiger charge is -2.15. The number of anilines is 2. The van der Waals surface area contributed by atoms with Crippen molar-refractivity contribution in [1.82, 2.24) is 24.8 Å². The van der Waals surface area contributed by atoms with Crippen molar-refractivity contribution in [1.29, 1.82) is 0 Å². The van der Waals surface area contributed by atoms with Gasteiger partial charge in [-0.25, -0.2) is 32.7 Å². The maximum Gasteiger partial charge on any atom is 0.196 e. The highest BCUT2D eigenvalue weighted by Crippen LogP contribution is 2.37. The van der Waals surface area contributed by atoms with Gasteiger partial charge in [0.2, 0.25) is 0 Å². The number of pyridine rings is 1. The molecule has 3 heterocycles. The SMILES string of the molecule is COc1cc2ncnc(Nc3ccc(OCc4cccc(F)c4)c(Br)c3)c2cc1-c1csc(CCN(C)CCS(=O)(=O)c2ccccn2)n1. The van der Waals surface area contributed by atoms with E-state index < -0.39 is 9.84 Å². The number of benzene rings is 3. The van der Waals surface area contributed by atoms with Crippen molar-refractivity contribution < 1.29 is 22.3 Å². The van der Waals surface area contributed by atoms with Gasteiger partial charge < -0.3 is 19.7 Å². The van der Waals surface area contributed by atoms with Gasteiger partial charge in [0, 0.05) is 53.8 Å². The van der Waals surface area contributed by atoms with E-state index in [2.05, 4.69) is 36.2 Å². The minimum Gasteiger partial charge on any atom is -0.496 e. The lowest BCUT2D eigenvalue weighted by atomic mass is 10.1. The Labute approximate surface area is 296 Å². The van der Waals surface area contributed by atoms with E-state index in [1.807, 2.05) is 53.7 Å². The van der Waals surface area contributed by atoms with Crippen molar-refractivity contribution in [2.24, 2.45) is 0 Å². The minimum atomic E-state index is -3.45. The molecule has 0 amide bonds. The lowest BCUT2D eigenvalue weighted by molar-refractivity contribution is 0.303. The molecule has 0 radical (unpaired) electrons. The molecule has 6 rings (SSSR count). The van der Waals surface area contributed by atoms with E-state index in [1.165, 1.54) is 30.7 Å². The third-order valence-corrected chi connectivity index (χ3v) is 10.8. The summed E-state index contributed by atoms with van der Waals surface area (Å²) in [5.41, 5.74) is 3.77. The fraction of sp³-hybridized carbons (Fsp3) is 0.200. The van der Waals surface area contributed by atoms with E-state index in [1.54, 1.807) is 36.6 Å². The molecule has 252 valence electrons. The van der Waals surface area contributed by atoms with Crippen LogP contribution in [0.15, 0.2) is 100 Å². The highest BCUT2D eigenvalue weighted by molar-refractivity contribution is 9.10. The summed E-state index contributed by atoms with van der Waals surface area (Å²) in [6.45, 7) is 1.26. The third-order valence-electron chi connectivity index (χ3n) is 7.67. The number of likely N-dealkylation sites (N-methyl/N-ethyl adjacent to an activating group) is 1. The number of thiazole rings is 1. The number of nitrogens with one attached hydrogen (secondary N) is 1. The van der Waals surface area contributed by atoms with Crippen LogP contribution in [0.2, 0.25) is 0 Å². The largest absolute Gasteiger partial charge is 0.496 e.